The number of anilines is 1. The third-order valence-corrected chi connectivity index (χ3v) is 6.87. The Morgan fingerprint density at radius 2 is 1.88 bits per heavy atom. The standard InChI is InChI=1S/C26H34FN3O4/c1-4-34-26(32)21-9-7-11-29(16-21)25(31)24-18(2)23(28-12-14-33-15-13-28)19(3)30(24)17-20-8-5-6-10-22(20)27/h5-6,8,10,21H,4,7,9,11-17H2,1-3H3. The SMILES string of the molecule is CCOC(=O)C1CCCN(C(=O)c2c(C)c(N3CCOCC3)c(C)n2Cc2ccccc2F)C1. The van der Waals surface area contributed by atoms with Gasteiger partial charge in [-0.05, 0) is 39.7 Å². The number of amides is 1. The number of halogens is 1. The van der Waals surface area contributed by atoms with E-state index in [0.717, 1.165) is 42.9 Å². The Labute approximate surface area is 200 Å². The number of ether oxygens (including phenoxy) is 2. The van der Waals surface area contributed by atoms with Gasteiger partial charge in [-0.25, -0.2) is 4.39 Å². The van der Waals surface area contributed by atoms with Crippen molar-refractivity contribution in [1.82, 2.24) is 9.47 Å². The summed E-state index contributed by atoms with van der Waals surface area (Å²) in [7, 11) is 0. The number of morpholine rings is 1. The number of aromatic nitrogens is 1. The number of rotatable bonds is 6. The Hall–Kier alpha value is -2.87. The van der Waals surface area contributed by atoms with Crippen molar-refractivity contribution in [3.63, 3.8) is 0 Å². The highest BCUT2D eigenvalue weighted by Gasteiger charge is 2.34. The van der Waals surface area contributed by atoms with E-state index in [9.17, 15) is 14.0 Å². The largest absolute Gasteiger partial charge is 0.466 e. The lowest BCUT2D eigenvalue weighted by molar-refractivity contribution is -0.149. The zero-order valence-electron chi connectivity index (χ0n) is 20.3. The molecule has 7 nitrogen and oxygen atoms in total. The molecule has 2 aliphatic rings. The number of esters is 1. The second-order valence-corrected chi connectivity index (χ2v) is 9.03. The molecule has 2 fully saturated rings. The number of likely N-dealkylation sites (tertiary alicyclic amines) is 1. The van der Waals surface area contributed by atoms with E-state index in [0.29, 0.717) is 44.2 Å². The average Bonchev–Trinajstić information content (AvgIpc) is 3.09. The minimum Gasteiger partial charge on any atom is -0.466 e. The lowest BCUT2D eigenvalue weighted by atomic mass is 9.97. The summed E-state index contributed by atoms with van der Waals surface area (Å²) in [4.78, 5) is 30.3. The minimum atomic E-state index is -0.312. The van der Waals surface area contributed by atoms with Crippen LogP contribution in [-0.2, 0) is 20.8 Å². The van der Waals surface area contributed by atoms with Crippen LogP contribution in [0.4, 0.5) is 10.1 Å². The summed E-state index contributed by atoms with van der Waals surface area (Å²) in [5.41, 5.74) is 3.93. The van der Waals surface area contributed by atoms with Gasteiger partial charge in [0.2, 0.25) is 0 Å². The number of hydrogen-bond donors (Lipinski definition) is 0. The maximum absolute atomic E-state index is 14.6. The minimum absolute atomic E-state index is 0.120. The molecule has 34 heavy (non-hydrogen) atoms. The third-order valence-electron chi connectivity index (χ3n) is 6.87. The first kappa shape index (κ1) is 24.3. The highest BCUT2D eigenvalue weighted by atomic mass is 19.1. The van der Waals surface area contributed by atoms with Crippen LogP contribution in [0.2, 0.25) is 0 Å². The van der Waals surface area contributed by atoms with E-state index in [1.165, 1.54) is 6.07 Å². The predicted molar refractivity (Wildman–Crippen MR) is 128 cm³/mol. The van der Waals surface area contributed by atoms with E-state index < -0.39 is 0 Å². The molecule has 2 aromatic rings. The molecular weight excluding hydrogens is 437 g/mol. The number of carbonyl (C=O) groups excluding carboxylic acids is 2. The molecule has 0 radical (unpaired) electrons. The van der Waals surface area contributed by atoms with Crippen molar-refractivity contribution < 1.29 is 23.5 Å². The quantitative estimate of drug-likeness (QED) is 0.603. The Kier molecular flexibility index (Phi) is 7.56. The van der Waals surface area contributed by atoms with Gasteiger partial charge in [0.25, 0.3) is 5.91 Å². The fourth-order valence-electron chi connectivity index (χ4n) is 5.17. The van der Waals surface area contributed by atoms with Crippen LogP contribution in [0.1, 0.15) is 47.1 Å². The number of benzene rings is 1. The fraction of sp³-hybridized carbons (Fsp3) is 0.538. The first-order chi connectivity index (χ1) is 16.4. The van der Waals surface area contributed by atoms with Gasteiger partial charge in [-0.3, -0.25) is 9.59 Å². The number of hydrogen-bond acceptors (Lipinski definition) is 5. The lowest BCUT2D eigenvalue weighted by Gasteiger charge is -2.32. The van der Waals surface area contributed by atoms with Crippen molar-refractivity contribution in [3.8, 4) is 0 Å². The van der Waals surface area contributed by atoms with Gasteiger partial charge < -0.3 is 23.8 Å². The summed E-state index contributed by atoms with van der Waals surface area (Å²) in [5, 5.41) is 0. The Balaban J connectivity index is 1.71. The molecule has 1 amide bonds. The zero-order valence-corrected chi connectivity index (χ0v) is 20.3. The monoisotopic (exact) mass is 471 g/mol. The summed E-state index contributed by atoms with van der Waals surface area (Å²) in [6.45, 7) is 10.0. The molecule has 0 saturated carbocycles. The third kappa shape index (κ3) is 4.82. The topological polar surface area (TPSA) is 64.0 Å². The van der Waals surface area contributed by atoms with Crippen molar-refractivity contribution in [2.45, 2.75) is 40.2 Å². The van der Waals surface area contributed by atoms with Crippen molar-refractivity contribution >= 4 is 17.6 Å². The van der Waals surface area contributed by atoms with Crippen molar-refractivity contribution in [3.05, 3.63) is 52.6 Å². The van der Waals surface area contributed by atoms with Gasteiger partial charge >= 0.3 is 5.97 Å². The molecule has 1 aromatic heterocycles. The number of piperidine rings is 1. The van der Waals surface area contributed by atoms with Gasteiger partial charge in [0.1, 0.15) is 11.5 Å². The van der Waals surface area contributed by atoms with Crippen LogP contribution in [0.5, 0.6) is 0 Å². The van der Waals surface area contributed by atoms with Gasteiger partial charge in [-0.2, -0.15) is 0 Å². The molecule has 0 aliphatic carbocycles. The molecular formula is C26H34FN3O4. The highest BCUT2D eigenvalue weighted by molar-refractivity contribution is 5.97. The van der Waals surface area contributed by atoms with Crippen LogP contribution in [0.25, 0.3) is 0 Å². The van der Waals surface area contributed by atoms with Crippen LogP contribution in [0.3, 0.4) is 0 Å². The summed E-state index contributed by atoms with van der Waals surface area (Å²) >= 11 is 0. The van der Waals surface area contributed by atoms with E-state index in [4.69, 9.17) is 9.47 Å². The molecule has 3 heterocycles. The molecule has 184 valence electrons. The molecule has 0 bridgehead atoms. The van der Waals surface area contributed by atoms with Crippen LogP contribution < -0.4 is 4.90 Å². The molecule has 1 unspecified atom stereocenters. The lowest BCUT2D eigenvalue weighted by Crippen LogP contribution is -2.43. The number of nitrogens with zero attached hydrogens (tertiary/aromatic N) is 3. The molecule has 0 N–H and O–H groups in total. The first-order valence-corrected chi connectivity index (χ1v) is 12.1. The van der Waals surface area contributed by atoms with Crippen molar-refractivity contribution in [2.75, 3.05) is 50.9 Å². The maximum Gasteiger partial charge on any atom is 0.310 e. The van der Waals surface area contributed by atoms with Gasteiger partial charge in [0.15, 0.2) is 0 Å². The fourth-order valence-corrected chi connectivity index (χ4v) is 5.17. The maximum atomic E-state index is 14.6. The second kappa shape index (κ2) is 10.6. The van der Waals surface area contributed by atoms with E-state index in [2.05, 4.69) is 4.90 Å². The van der Waals surface area contributed by atoms with Gasteiger partial charge in [0, 0.05) is 43.0 Å². The number of carbonyl (C=O) groups is 2. The van der Waals surface area contributed by atoms with Crippen molar-refractivity contribution in [2.24, 2.45) is 5.92 Å². The summed E-state index contributed by atoms with van der Waals surface area (Å²) in [6, 6.07) is 6.68. The molecule has 0 spiro atoms. The summed E-state index contributed by atoms with van der Waals surface area (Å²) in [5.74, 6) is -0.971. The van der Waals surface area contributed by atoms with E-state index in [1.54, 1.807) is 24.0 Å². The molecule has 1 atom stereocenters. The van der Waals surface area contributed by atoms with Gasteiger partial charge in [0.05, 0.1) is 38.0 Å². The summed E-state index contributed by atoms with van der Waals surface area (Å²) < 4.78 is 27.3. The molecule has 2 saturated heterocycles. The smallest absolute Gasteiger partial charge is 0.310 e. The Morgan fingerprint density at radius 1 is 1.15 bits per heavy atom. The van der Waals surface area contributed by atoms with E-state index in [-0.39, 0.29) is 30.2 Å². The second-order valence-electron chi connectivity index (χ2n) is 9.03. The van der Waals surface area contributed by atoms with Crippen LogP contribution >= 0.6 is 0 Å². The Morgan fingerprint density at radius 3 is 2.59 bits per heavy atom. The van der Waals surface area contributed by atoms with Gasteiger partial charge in [-0.15, -0.1) is 0 Å². The van der Waals surface area contributed by atoms with E-state index >= 15 is 0 Å². The highest BCUT2D eigenvalue weighted by Crippen LogP contribution is 2.34. The van der Waals surface area contributed by atoms with Gasteiger partial charge in [-0.1, -0.05) is 18.2 Å². The predicted octanol–water partition coefficient (Wildman–Crippen LogP) is 3.54. The van der Waals surface area contributed by atoms with Crippen LogP contribution in [0, 0.1) is 25.6 Å². The first-order valence-electron chi connectivity index (χ1n) is 12.1. The molecule has 2 aliphatic heterocycles. The Bertz CT molecular complexity index is 1040. The summed E-state index contributed by atoms with van der Waals surface area (Å²) in [6.07, 6.45) is 1.47. The normalized spacial score (nSPS) is 18.8. The van der Waals surface area contributed by atoms with Crippen LogP contribution in [0.15, 0.2) is 24.3 Å². The van der Waals surface area contributed by atoms with Crippen LogP contribution in [-0.4, -0.2) is 67.3 Å². The van der Waals surface area contributed by atoms with Crippen molar-refractivity contribution in [1.29, 1.82) is 0 Å². The molecule has 1 aromatic carbocycles. The zero-order chi connectivity index (χ0) is 24.2. The molecule has 4 rings (SSSR count). The average molecular weight is 472 g/mol. The molecule has 8 heteroatoms. The van der Waals surface area contributed by atoms with E-state index in [1.807, 2.05) is 24.5 Å².